The Balaban J connectivity index is 2.37. The van der Waals surface area contributed by atoms with Crippen LogP contribution < -0.4 is 4.74 Å². The molecule has 0 aromatic heterocycles. The average Bonchev–Trinajstić information content (AvgIpc) is 2.28. The van der Waals surface area contributed by atoms with Gasteiger partial charge in [-0.25, -0.2) is 0 Å². The van der Waals surface area contributed by atoms with Gasteiger partial charge >= 0.3 is 0 Å². The second kappa shape index (κ2) is 3.28. The standard InChI is InChI=1S/C14H10O3/c1-8-10-4-2-3-5-11(10)14-12(16)6-9(15)7-13(14)17-8/h2-7,15-16H,1H2. The van der Waals surface area contributed by atoms with E-state index in [2.05, 4.69) is 6.58 Å². The highest BCUT2D eigenvalue weighted by atomic mass is 16.5. The Morgan fingerprint density at radius 1 is 1.00 bits per heavy atom. The van der Waals surface area contributed by atoms with Crippen LogP contribution in [0.3, 0.4) is 0 Å². The van der Waals surface area contributed by atoms with Gasteiger partial charge in [-0.1, -0.05) is 30.8 Å². The van der Waals surface area contributed by atoms with Gasteiger partial charge in [-0.2, -0.15) is 0 Å². The number of hydrogen-bond donors (Lipinski definition) is 2. The number of rotatable bonds is 0. The van der Waals surface area contributed by atoms with Crippen molar-refractivity contribution in [3.63, 3.8) is 0 Å². The molecule has 0 unspecified atom stereocenters. The first-order valence-electron chi connectivity index (χ1n) is 5.19. The van der Waals surface area contributed by atoms with Crippen molar-refractivity contribution >= 4 is 5.76 Å². The Morgan fingerprint density at radius 2 is 1.71 bits per heavy atom. The highest BCUT2D eigenvalue weighted by Crippen LogP contribution is 2.47. The van der Waals surface area contributed by atoms with Crippen molar-refractivity contribution in [3.8, 4) is 28.4 Å². The van der Waals surface area contributed by atoms with E-state index in [1.54, 1.807) is 0 Å². The molecule has 2 aromatic carbocycles. The van der Waals surface area contributed by atoms with Crippen LogP contribution in [0, 0.1) is 0 Å². The largest absolute Gasteiger partial charge is 0.508 e. The molecule has 3 rings (SSSR count). The van der Waals surface area contributed by atoms with Crippen molar-refractivity contribution in [3.05, 3.63) is 48.5 Å². The summed E-state index contributed by atoms with van der Waals surface area (Å²) in [5, 5.41) is 19.3. The molecule has 0 radical (unpaired) electrons. The molecule has 0 saturated carbocycles. The van der Waals surface area contributed by atoms with Gasteiger partial charge in [0.05, 0.1) is 5.56 Å². The van der Waals surface area contributed by atoms with E-state index in [0.29, 0.717) is 17.1 Å². The summed E-state index contributed by atoms with van der Waals surface area (Å²) in [6.45, 7) is 3.83. The summed E-state index contributed by atoms with van der Waals surface area (Å²) < 4.78 is 5.51. The molecule has 2 N–H and O–H groups in total. The van der Waals surface area contributed by atoms with Gasteiger partial charge in [-0.15, -0.1) is 0 Å². The van der Waals surface area contributed by atoms with E-state index in [-0.39, 0.29) is 11.5 Å². The first kappa shape index (κ1) is 9.78. The minimum Gasteiger partial charge on any atom is -0.508 e. The maximum Gasteiger partial charge on any atom is 0.142 e. The summed E-state index contributed by atoms with van der Waals surface area (Å²) in [4.78, 5) is 0. The maximum absolute atomic E-state index is 9.90. The number of hydrogen-bond acceptors (Lipinski definition) is 3. The molecule has 0 aliphatic carbocycles. The van der Waals surface area contributed by atoms with Crippen LogP contribution in [0.15, 0.2) is 43.0 Å². The number of ether oxygens (including phenoxy) is 1. The van der Waals surface area contributed by atoms with Gasteiger partial charge < -0.3 is 14.9 Å². The molecule has 0 atom stereocenters. The molecule has 17 heavy (non-hydrogen) atoms. The molecule has 84 valence electrons. The zero-order chi connectivity index (χ0) is 12.0. The predicted octanol–water partition coefficient (Wildman–Crippen LogP) is 3.13. The minimum absolute atomic E-state index is 0.0000463. The highest BCUT2D eigenvalue weighted by Gasteiger charge is 2.23. The number of phenolic OH excluding ortho intramolecular Hbond substituents is 2. The van der Waals surface area contributed by atoms with Crippen LogP contribution in [0.2, 0.25) is 0 Å². The van der Waals surface area contributed by atoms with Gasteiger partial charge in [0.25, 0.3) is 0 Å². The lowest BCUT2D eigenvalue weighted by atomic mass is 9.95. The van der Waals surface area contributed by atoms with Crippen molar-refractivity contribution < 1.29 is 14.9 Å². The molecule has 0 fully saturated rings. The number of fused-ring (bicyclic) bond motifs is 3. The van der Waals surface area contributed by atoms with Gasteiger partial charge in [-0.05, 0) is 0 Å². The van der Waals surface area contributed by atoms with Gasteiger partial charge in [0.15, 0.2) is 0 Å². The number of phenols is 2. The van der Waals surface area contributed by atoms with E-state index in [1.807, 2.05) is 24.3 Å². The van der Waals surface area contributed by atoms with Crippen LogP contribution in [-0.2, 0) is 0 Å². The molecule has 0 bridgehead atoms. The van der Waals surface area contributed by atoms with E-state index in [1.165, 1.54) is 12.1 Å². The van der Waals surface area contributed by atoms with Crippen molar-refractivity contribution in [1.82, 2.24) is 0 Å². The Bertz CT molecular complexity index is 629. The molecule has 0 saturated heterocycles. The molecule has 1 aliphatic rings. The van der Waals surface area contributed by atoms with E-state index >= 15 is 0 Å². The van der Waals surface area contributed by atoms with Crippen molar-refractivity contribution in [2.45, 2.75) is 0 Å². The zero-order valence-corrected chi connectivity index (χ0v) is 8.97. The number of aromatic hydroxyl groups is 2. The Kier molecular flexibility index (Phi) is 1.89. The molecule has 0 amide bonds. The van der Waals surface area contributed by atoms with Crippen LogP contribution in [-0.4, -0.2) is 10.2 Å². The van der Waals surface area contributed by atoms with Crippen LogP contribution in [0.5, 0.6) is 17.2 Å². The monoisotopic (exact) mass is 226 g/mol. The molecule has 0 spiro atoms. The fourth-order valence-corrected chi connectivity index (χ4v) is 2.07. The van der Waals surface area contributed by atoms with E-state index in [9.17, 15) is 10.2 Å². The first-order valence-corrected chi connectivity index (χ1v) is 5.19. The van der Waals surface area contributed by atoms with E-state index < -0.39 is 0 Å². The van der Waals surface area contributed by atoms with Gasteiger partial charge in [0, 0.05) is 23.3 Å². The normalized spacial score (nSPS) is 12.6. The van der Waals surface area contributed by atoms with Crippen LogP contribution in [0.1, 0.15) is 5.56 Å². The summed E-state index contributed by atoms with van der Waals surface area (Å²) in [5.74, 6) is 0.901. The highest BCUT2D eigenvalue weighted by molar-refractivity contribution is 5.89. The SMILES string of the molecule is C=C1Oc2cc(O)cc(O)c2-c2ccccc21. The lowest BCUT2D eigenvalue weighted by Crippen LogP contribution is -2.03. The first-order chi connectivity index (χ1) is 8.16. The Labute approximate surface area is 98.2 Å². The fourth-order valence-electron chi connectivity index (χ4n) is 2.07. The average molecular weight is 226 g/mol. The molecule has 1 aliphatic heterocycles. The van der Waals surface area contributed by atoms with Crippen LogP contribution >= 0.6 is 0 Å². The van der Waals surface area contributed by atoms with Gasteiger partial charge in [0.2, 0.25) is 0 Å². The Morgan fingerprint density at radius 3 is 2.47 bits per heavy atom. The lowest BCUT2D eigenvalue weighted by Gasteiger charge is -2.22. The maximum atomic E-state index is 9.90. The molecule has 1 heterocycles. The molecular weight excluding hydrogens is 216 g/mol. The second-order valence-electron chi connectivity index (χ2n) is 3.91. The second-order valence-corrected chi connectivity index (χ2v) is 3.91. The van der Waals surface area contributed by atoms with Crippen LogP contribution in [0.25, 0.3) is 16.9 Å². The smallest absolute Gasteiger partial charge is 0.142 e. The molecule has 3 heteroatoms. The van der Waals surface area contributed by atoms with E-state index in [0.717, 1.165) is 11.1 Å². The van der Waals surface area contributed by atoms with Crippen LogP contribution in [0.4, 0.5) is 0 Å². The van der Waals surface area contributed by atoms with Crippen molar-refractivity contribution in [2.75, 3.05) is 0 Å². The van der Waals surface area contributed by atoms with Crippen molar-refractivity contribution in [2.24, 2.45) is 0 Å². The molecule has 2 aromatic rings. The third kappa shape index (κ3) is 1.36. The predicted molar refractivity (Wildman–Crippen MR) is 64.9 cm³/mol. The van der Waals surface area contributed by atoms with Crippen molar-refractivity contribution in [1.29, 1.82) is 0 Å². The summed E-state index contributed by atoms with van der Waals surface area (Å²) in [5.41, 5.74) is 2.29. The Hall–Kier alpha value is -2.42. The summed E-state index contributed by atoms with van der Waals surface area (Å²) in [6, 6.07) is 10.3. The van der Waals surface area contributed by atoms with Gasteiger partial charge in [-0.3, -0.25) is 0 Å². The topological polar surface area (TPSA) is 49.7 Å². The molecule has 3 nitrogen and oxygen atoms in total. The quantitative estimate of drug-likeness (QED) is 0.725. The minimum atomic E-state index is -0.0339. The molecular formula is C14H10O3. The van der Waals surface area contributed by atoms with Gasteiger partial charge in [0.1, 0.15) is 23.0 Å². The third-order valence-electron chi connectivity index (χ3n) is 2.80. The summed E-state index contributed by atoms with van der Waals surface area (Å²) in [6.07, 6.45) is 0. The third-order valence-corrected chi connectivity index (χ3v) is 2.80. The zero-order valence-electron chi connectivity index (χ0n) is 8.97. The fraction of sp³-hybridized carbons (Fsp3) is 0. The summed E-state index contributed by atoms with van der Waals surface area (Å²) in [7, 11) is 0. The van der Waals surface area contributed by atoms with E-state index in [4.69, 9.17) is 4.74 Å². The summed E-state index contributed by atoms with van der Waals surface area (Å²) >= 11 is 0. The lowest BCUT2D eigenvalue weighted by molar-refractivity contribution is 0.438. The number of benzene rings is 2.